The van der Waals surface area contributed by atoms with Gasteiger partial charge >= 0.3 is 0 Å². The third-order valence-corrected chi connectivity index (χ3v) is 3.66. The first-order valence-corrected chi connectivity index (χ1v) is 7.59. The molecule has 0 radical (unpaired) electrons. The first-order chi connectivity index (χ1) is 8.58. The van der Waals surface area contributed by atoms with Crippen molar-refractivity contribution in [3.63, 3.8) is 0 Å². The van der Waals surface area contributed by atoms with E-state index in [0.717, 1.165) is 27.8 Å². The van der Waals surface area contributed by atoms with E-state index in [0.29, 0.717) is 6.61 Å². The van der Waals surface area contributed by atoms with Gasteiger partial charge in [0.1, 0.15) is 5.75 Å². The maximum absolute atomic E-state index is 8.94. The minimum absolute atomic E-state index is 0.212. The molecule has 1 unspecified atom stereocenters. The molecule has 0 amide bonds. The van der Waals surface area contributed by atoms with Crippen molar-refractivity contribution in [3.8, 4) is 5.75 Å². The van der Waals surface area contributed by atoms with Gasteiger partial charge in [0.2, 0.25) is 0 Å². The van der Waals surface area contributed by atoms with Crippen molar-refractivity contribution in [1.82, 2.24) is 5.32 Å². The molecule has 0 aliphatic rings. The van der Waals surface area contributed by atoms with Gasteiger partial charge in [0.15, 0.2) is 0 Å². The average Bonchev–Trinajstić information content (AvgIpc) is 2.33. The molecule has 0 saturated carbocycles. The highest BCUT2D eigenvalue weighted by atomic mass is 79.9. The fraction of sp³-hybridized carbons (Fsp3) is 0.538. The lowest BCUT2D eigenvalue weighted by Crippen LogP contribution is -2.22. The number of ether oxygens (including phenoxy) is 1. The summed E-state index contributed by atoms with van der Waals surface area (Å²) >= 11 is 7.02. The van der Waals surface area contributed by atoms with Crippen molar-refractivity contribution in [2.24, 2.45) is 5.92 Å². The van der Waals surface area contributed by atoms with Gasteiger partial charge in [0.25, 0.3) is 0 Å². The van der Waals surface area contributed by atoms with Crippen LogP contribution in [0.3, 0.4) is 0 Å². The number of aliphatic hydroxyl groups excluding tert-OH is 1. The zero-order valence-corrected chi connectivity index (χ0v) is 13.8. The predicted molar refractivity (Wildman–Crippen MR) is 81.0 cm³/mol. The molecule has 18 heavy (non-hydrogen) atoms. The molecule has 1 aromatic rings. The lowest BCUT2D eigenvalue weighted by Gasteiger charge is -2.13. The first kappa shape index (κ1) is 16.0. The fourth-order valence-electron chi connectivity index (χ4n) is 1.52. The number of halogens is 2. The third-order valence-electron chi connectivity index (χ3n) is 2.48. The van der Waals surface area contributed by atoms with Gasteiger partial charge < -0.3 is 15.2 Å². The molecule has 0 bridgehead atoms. The predicted octanol–water partition coefficient (Wildman–Crippen LogP) is 3.33. The summed E-state index contributed by atoms with van der Waals surface area (Å²) in [5, 5.41) is 12.3. The number of benzene rings is 1. The van der Waals surface area contributed by atoms with Gasteiger partial charge in [-0.05, 0) is 62.4 Å². The molecule has 1 rings (SSSR count). The molecule has 102 valence electrons. The maximum Gasteiger partial charge on any atom is 0.147 e. The second-order valence-electron chi connectivity index (χ2n) is 4.24. The average molecular weight is 381 g/mol. The van der Waals surface area contributed by atoms with Crippen LogP contribution >= 0.6 is 31.9 Å². The van der Waals surface area contributed by atoms with Crippen molar-refractivity contribution in [2.45, 2.75) is 20.4 Å². The van der Waals surface area contributed by atoms with Crippen LogP contribution in [-0.2, 0) is 6.54 Å². The number of aliphatic hydroxyl groups is 1. The summed E-state index contributed by atoms with van der Waals surface area (Å²) in [6, 6.07) is 4.10. The maximum atomic E-state index is 8.94. The summed E-state index contributed by atoms with van der Waals surface area (Å²) in [4.78, 5) is 0. The highest BCUT2D eigenvalue weighted by Gasteiger charge is 2.08. The van der Waals surface area contributed by atoms with E-state index in [-0.39, 0.29) is 12.5 Å². The highest BCUT2D eigenvalue weighted by Crippen LogP contribution is 2.34. The van der Waals surface area contributed by atoms with Gasteiger partial charge in [-0.15, -0.1) is 0 Å². The molecule has 0 aliphatic carbocycles. The zero-order valence-electron chi connectivity index (χ0n) is 10.7. The van der Waals surface area contributed by atoms with E-state index >= 15 is 0 Å². The summed E-state index contributed by atoms with van der Waals surface area (Å²) in [7, 11) is 0. The minimum Gasteiger partial charge on any atom is -0.492 e. The van der Waals surface area contributed by atoms with E-state index in [1.807, 2.05) is 26.0 Å². The van der Waals surface area contributed by atoms with Gasteiger partial charge in [-0.1, -0.05) is 6.92 Å². The summed E-state index contributed by atoms with van der Waals surface area (Å²) in [5.74, 6) is 1.12. The quantitative estimate of drug-likeness (QED) is 0.762. The molecule has 0 spiro atoms. The lowest BCUT2D eigenvalue weighted by molar-refractivity contribution is 0.233. The van der Waals surface area contributed by atoms with Crippen LogP contribution in [0.25, 0.3) is 0 Å². The van der Waals surface area contributed by atoms with Crippen LogP contribution in [-0.4, -0.2) is 24.9 Å². The van der Waals surface area contributed by atoms with Crippen molar-refractivity contribution in [1.29, 1.82) is 0 Å². The smallest absolute Gasteiger partial charge is 0.147 e. The Kier molecular flexibility index (Phi) is 7.22. The van der Waals surface area contributed by atoms with Crippen molar-refractivity contribution < 1.29 is 9.84 Å². The number of rotatable bonds is 7. The molecule has 0 aliphatic heterocycles. The van der Waals surface area contributed by atoms with Crippen molar-refractivity contribution in [3.05, 3.63) is 26.6 Å². The van der Waals surface area contributed by atoms with Gasteiger partial charge in [0, 0.05) is 19.7 Å². The van der Waals surface area contributed by atoms with Crippen LogP contribution < -0.4 is 10.1 Å². The van der Waals surface area contributed by atoms with E-state index in [2.05, 4.69) is 37.2 Å². The molecule has 0 fully saturated rings. The molecule has 3 nitrogen and oxygen atoms in total. The Bertz CT molecular complexity index is 362. The largest absolute Gasteiger partial charge is 0.492 e. The number of nitrogens with one attached hydrogen (secondary N) is 1. The van der Waals surface area contributed by atoms with Gasteiger partial charge in [-0.3, -0.25) is 0 Å². The van der Waals surface area contributed by atoms with E-state index in [1.54, 1.807) is 0 Å². The molecule has 0 heterocycles. The molecule has 0 aromatic heterocycles. The monoisotopic (exact) mass is 379 g/mol. The lowest BCUT2D eigenvalue weighted by atomic mass is 10.2. The van der Waals surface area contributed by atoms with Crippen molar-refractivity contribution in [2.75, 3.05) is 19.8 Å². The zero-order chi connectivity index (χ0) is 13.5. The number of hydrogen-bond donors (Lipinski definition) is 2. The second kappa shape index (κ2) is 8.15. The Labute approximate surface area is 125 Å². The summed E-state index contributed by atoms with van der Waals surface area (Å²) in [5.41, 5.74) is 1.17. The standard InChI is InChI=1S/C13H19Br2NO2/c1-3-18-13-11(14)4-10(5-12(13)15)7-16-6-9(2)8-17/h4-5,9,16-17H,3,6-8H2,1-2H3. The molecule has 1 aromatic carbocycles. The van der Waals surface area contributed by atoms with Crippen molar-refractivity contribution >= 4 is 31.9 Å². The Balaban J connectivity index is 2.63. The SMILES string of the molecule is CCOc1c(Br)cc(CNCC(C)CO)cc1Br. The van der Waals surface area contributed by atoms with Crippen LogP contribution in [0.4, 0.5) is 0 Å². The van der Waals surface area contributed by atoms with E-state index in [9.17, 15) is 0 Å². The summed E-state index contributed by atoms with van der Waals surface area (Å²) < 4.78 is 7.43. The number of hydrogen-bond acceptors (Lipinski definition) is 3. The van der Waals surface area contributed by atoms with E-state index in [1.165, 1.54) is 5.56 Å². The van der Waals surface area contributed by atoms with Crippen LogP contribution in [0, 0.1) is 5.92 Å². The van der Waals surface area contributed by atoms with Crippen LogP contribution in [0.5, 0.6) is 5.75 Å². The van der Waals surface area contributed by atoms with Gasteiger partial charge in [-0.2, -0.15) is 0 Å². The van der Waals surface area contributed by atoms with Gasteiger partial charge in [-0.25, -0.2) is 0 Å². The molecule has 0 saturated heterocycles. The summed E-state index contributed by atoms with van der Waals surface area (Å²) in [6.07, 6.45) is 0. The highest BCUT2D eigenvalue weighted by molar-refractivity contribution is 9.11. The summed E-state index contributed by atoms with van der Waals surface area (Å²) in [6.45, 7) is 6.40. The minimum atomic E-state index is 0.212. The molecular weight excluding hydrogens is 362 g/mol. The Morgan fingerprint density at radius 3 is 2.44 bits per heavy atom. The van der Waals surface area contributed by atoms with Crippen LogP contribution in [0.2, 0.25) is 0 Å². The van der Waals surface area contributed by atoms with Crippen LogP contribution in [0.15, 0.2) is 21.1 Å². The Morgan fingerprint density at radius 1 is 1.33 bits per heavy atom. The second-order valence-corrected chi connectivity index (χ2v) is 5.95. The Hall–Kier alpha value is -0.100. The topological polar surface area (TPSA) is 41.5 Å². The van der Waals surface area contributed by atoms with E-state index < -0.39 is 0 Å². The fourth-order valence-corrected chi connectivity index (χ4v) is 3.03. The third kappa shape index (κ3) is 4.88. The molecular formula is C13H19Br2NO2. The normalized spacial score (nSPS) is 12.5. The van der Waals surface area contributed by atoms with Gasteiger partial charge in [0.05, 0.1) is 15.6 Å². The Morgan fingerprint density at radius 2 is 1.94 bits per heavy atom. The van der Waals surface area contributed by atoms with Crippen LogP contribution in [0.1, 0.15) is 19.4 Å². The molecule has 1 atom stereocenters. The van der Waals surface area contributed by atoms with E-state index in [4.69, 9.17) is 9.84 Å². The molecule has 2 N–H and O–H groups in total. The first-order valence-electron chi connectivity index (χ1n) is 6.00. The molecule has 5 heteroatoms.